The van der Waals surface area contributed by atoms with Crippen molar-refractivity contribution in [3.05, 3.63) is 0 Å². The molecule has 0 radical (unpaired) electrons. The summed E-state index contributed by atoms with van der Waals surface area (Å²) in [7, 11) is 0. The van der Waals surface area contributed by atoms with Crippen LogP contribution in [0.4, 0.5) is 0 Å². The molecule has 0 atom stereocenters. The number of fused-ring (bicyclic) bond motifs is 3. The first-order valence-corrected chi connectivity index (χ1v) is 4.13. The topological polar surface area (TPSA) is 46.2 Å². The van der Waals surface area contributed by atoms with Crippen molar-refractivity contribution >= 4 is 0 Å². The van der Waals surface area contributed by atoms with Crippen molar-refractivity contribution in [3.8, 4) is 0 Å². The van der Waals surface area contributed by atoms with E-state index in [9.17, 15) is 5.11 Å². The summed E-state index contributed by atoms with van der Waals surface area (Å²) in [5, 5.41) is 9.78. The largest absolute Gasteiger partial charge is 0.390 e. The van der Waals surface area contributed by atoms with E-state index in [0.717, 1.165) is 38.5 Å². The molecule has 10 heavy (non-hydrogen) atoms. The lowest BCUT2D eigenvalue weighted by molar-refractivity contribution is -0.0629. The molecule has 3 aliphatic rings. The lowest BCUT2D eigenvalue weighted by atomic mass is 9.64. The van der Waals surface area contributed by atoms with Crippen LogP contribution in [0, 0.1) is 0 Å². The Morgan fingerprint density at radius 2 is 1.30 bits per heavy atom. The molecule has 2 nitrogen and oxygen atoms in total. The number of rotatable bonds is 0. The van der Waals surface area contributed by atoms with Gasteiger partial charge in [-0.1, -0.05) is 0 Å². The van der Waals surface area contributed by atoms with Crippen molar-refractivity contribution in [2.75, 3.05) is 0 Å². The third kappa shape index (κ3) is 0.867. The average molecular weight is 141 g/mol. The van der Waals surface area contributed by atoms with Crippen LogP contribution in [0.2, 0.25) is 0 Å². The predicted molar refractivity (Wildman–Crippen MR) is 39.6 cm³/mol. The Bertz CT molecular complexity index is 113. The van der Waals surface area contributed by atoms with Crippen molar-refractivity contribution in [1.29, 1.82) is 0 Å². The highest BCUT2D eigenvalue weighted by molar-refractivity contribution is 5.02. The van der Waals surface area contributed by atoms with Crippen LogP contribution in [0.15, 0.2) is 0 Å². The summed E-state index contributed by atoms with van der Waals surface area (Å²) < 4.78 is 0. The molecule has 3 saturated carbocycles. The molecule has 3 aliphatic carbocycles. The summed E-state index contributed by atoms with van der Waals surface area (Å²) in [4.78, 5) is 0. The smallest absolute Gasteiger partial charge is 0.0649 e. The van der Waals surface area contributed by atoms with E-state index in [1.807, 2.05) is 0 Å². The molecule has 0 saturated heterocycles. The molecule has 0 aromatic carbocycles. The minimum Gasteiger partial charge on any atom is -0.390 e. The molecular formula is C8H15NO. The third-order valence-electron chi connectivity index (χ3n) is 3.26. The molecule has 3 N–H and O–H groups in total. The zero-order valence-electron chi connectivity index (χ0n) is 6.27. The fourth-order valence-electron chi connectivity index (χ4n) is 2.19. The molecule has 0 spiro atoms. The van der Waals surface area contributed by atoms with Crippen LogP contribution in [0.25, 0.3) is 0 Å². The zero-order chi connectivity index (χ0) is 7.24. The van der Waals surface area contributed by atoms with Gasteiger partial charge in [-0.15, -0.1) is 0 Å². The second kappa shape index (κ2) is 1.74. The lowest BCUT2D eigenvalue weighted by Gasteiger charge is -2.48. The predicted octanol–water partition coefficient (Wildman–Crippen LogP) is 0.783. The van der Waals surface area contributed by atoms with Crippen LogP contribution in [-0.2, 0) is 0 Å². The Balaban J connectivity index is 2.16. The monoisotopic (exact) mass is 141 g/mol. The number of hydrogen-bond acceptors (Lipinski definition) is 2. The van der Waals surface area contributed by atoms with Gasteiger partial charge in [-0.05, 0) is 38.5 Å². The van der Waals surface area contributed by atoms with Crippen LogP contribution in [0.5, 0.6) is 0 Å². The summed E-state index contributed by atoms with van der Waals surface area (Å²) in [6.45, 7) is 0. The van der Waals surface area contributed by atoms with Gasteiger partial charge in [0.15, 0.2) is 0 Å². The maximum absolute atomic E-state index is 9.78. The Labute approximate surface area is 61.4 Å². The maximum Gasteiger partial charge on any atom is 0.0649 e. The van der Waals surface area contributed by atoms with Gasteiger partial charge in [-0.3, -0.25) is 0 Å². The molecule has 2 bridgehead atoms. The summed E-state index contributed by atoms with van der Waals surface area (Å²) in [6, 6.07) is 0. The quantitative estimate of drug-likeness (QED) is 0.523. The van der Waals surface area contributed by atoms with Gasteiger partial charge in [-0.25, -0.2) is 0 Å². The van der Waals surface area contributed by atoms with E-state index in [2.05, 4.69) is 0 Å². The van der Waals surface area contributed by atoms with Crippen molar-refractivity contribution in [1.82, 2.24) is 0 Å². The zero-order valence-corrected chi connectivity index (χ0v) is 6.27. The SMILES string of the molecule is NC12CCC(O)(CC1)CC2. The van der Waals surface area contributed by atoms with Gasteiger partial charge in [-0.2, -0.15) is 0 Å². The van der Waals surface area contributed by atoms with E-state index in [1.165, 1.54) is 0 Å². The minimum atomic E-state index is -0.318. The average Bonchev–Trinajstić information content (AvgIpc) is 1.93. The maximum atomic E-state index is 9.78. The fraction of sp³-hybridized carbons (Fsp3) is 1.00. The summed E-state index contributed by atoms with van der Waals surface area (Å²) >= 11 is 0. The fourth-order valence-corrected chi connectivity index (χ4v) is 2.19. The van der Waals surface area contributed by atoms with Crippen molar-refractivity contribution in [2.45, 2.75) is 49.7 Å². The highest BCUT2D eigenvalue weighted by Gasteiger charge is 2.45. The first kappa shape index (κ1) is 6.62. The van der Waals surface area contributed by atoms with E-state index >= 15 is 0 Å². The summed E-state index contributed by atoms with van der Waals surface area (Å²) in [5.74, 6) is 0. The normalized spacial score (nSPS) is 53.4. The second-order valence-electron chi connectivity index (χ2n) is 4.09. The Morgan fingerprint density at radius 3 is 1.60 bits per heavy atom. The van der Waals surface area contributed by atoms with E-state index in [4.69, 9.17) is 5.73 Å². The highest BCUT2D eigenvalue weighted by atomic mass is 16.3. The molecule has 0 aromatic heterocycles. The van der Waals surface area contributed by atoms with Gasteiger partial charge in [0.2, 0.25) is 0 Å². The van der Waals surface area contributed by atoms with Crippen LogP contribution in [-0.4, -0.2) is 16.2 Å². The third-order valence-corrected chi connectivity index (χ3v) is 3.26. The van der Waals surface area contributed by atoms with E-state index < -0.39 is 0 Å². The first-order chi connectivity index (χ1) is 4.62. The molecule has 58 valence electrons. The van der Waals surface area contributed by atoms with Gasteiger partial charge in [0.1, 0.15) is 0 Å². The van der Waals surface area contributed by atoms with Crippen LogP contribution in [0.3, 0.4) is 0 Å². The molecule has 3 rings (SSSR count). The van der Waals surface area contributed by atoms with Crippen molar-refractivity contribution < 1.29 is 5.11 Å². The van der Waals surface area contributed by atoms with Crippen molar-refractivity contribution in [3.63, 3.8) is 0 Å². The molecule has 0 aromatic rings. The summed E-state index contributed by atoms with van der Waals surface area (Å²) in [6.07, 6.45) is 5.90. The van der Waals surface area contributed by atoms with Crippen LogP contribution < -0.4 is 5.73 Å². The van der Waals surface area contributed by atoms with E-state index in [1.54, 1.807) is 0 Å². The molecule has 0 heterocycles. The van der Waals surface area contributed by atoms with Gasteiger partial charge in [0.25, 0.3) is 0 Å². The number of aliphatic hydroxyl groups is 1. The Morgan fingerprint density at radius 1 is 0.900 bits per heavy atom. The molecule has 3 fully saturated rings. The van der Waals surface area contributed by atoms with Gasteiger partial charge >= 0.3 is 0 Å². The molecule has 0 aliphatic heterocycles. The summed E-state index contributed by atoms with van der Waals surface area (Å²) in [5.41, 5.74) is 5.83. The van der Waals surface area contributed by atoms with Gasteiger partial charge < -0.3 is 10.8 Å². The first-order valence-electron chi connectivity index (χ1n) is 4.13. The Hall–Kier alpha value is -0.0800. The van der Waals surface area contributed by atoms with Gasteiger partial charge in [0.05, 0.1) is 5.60 Å². The van der Waals surface area contributed by atoms with E-state index in [-0.39, 0.29) is 11.1 Å². The highest BCUT2D eigenvalue weighted by Crippen LogP contribution is 2.45. The Kier molecular flexibility index (Phi) is 1.15. The second-order valence-corrected chi connectivity index (χ2v) is 4.09. The minimum absolute atomic E-state index is 0.102. The van der Waals surface area contributed by atoms with Crippen molar-refractivity contribution in [2.24, 2.45) is 5.73 Å². The van der Waals surface area contributed by atoms with E-state index in [0.29, 0.717) is 0 Å². The number of hydrogen-bond donors (Lipinski definition) is 2. The molecule has 2 heteroatoms. The lowest BCUT2D eigenvalue weighted by Crippen LogP contribution is -2.54. The number of nitrogens with two attached hydrogens (primary N) is 1. The van der Waals surface area contributed by atoms with Crippen LogP contribution in [0.1, 0.15) is 38.5 Å². The van der Waals surface area contributed by atoms with Gasteiger partial charge in [0, 0.05) is 5.54 Å². The van der Waals surface area contributed by atoms with Crippen LogP contribution >= 0.6 is 0 Å². The molecular weight excluding hydrogens is 126 g/mol. The molecule has 0 amide bonds. The molecule has 0 unspecified atom stereocenters. The standard InChI is InChI=1S/C8H15NO/c9-7-1-4-8(10,5-2-7)6-3-7/h10H,1-6,9H2.